The molecule has 5 heteroatoms. The Bertz CT molecular complexity index is 524. The van der Waals surface area contributed by atoms with Crippen molar-refractivity contribution in [2.75, 3.05) is 0 Å². The molecule has 0 radical (unpaired) electrons. The lowest BCUT2D eigenvalue weighted by Gasteiger charge is -2.03. The number of halogens is 1. The number of aldehydes is 1. The summed E-state index contributed by atoms with van der Waals surface area (Å²) in [6, 6.07) is 7.57. The molecule has 0 aliphatic rings. The first-order chi connectivity index (χ1) is 7.70. The lowest BCUT2D eigenvalue weighted by atomic mass is 10.2. The van der Waals surface area contributed by atoms with Crippen LogP contribution in [0.3, 0.4) is 0 Å². The fourth-order valence-electron chi connectivity index (χ4n) is 1.18. The molecule has 2 aromatic rings. The van der Waals surface area contributed by atoms with Crippen LogP contribution in [0.2, 0.25) is 5.15 Å². The third-order valence-corrected chi connectivity index (χ3v) is 3.25. The third kappa shape index (κ3) is 2.23. The van der Waals surface area contributed by atoms with Gasteiger partial charge in [-0.15, -0.1) is 0 Å². The van der Waals surface area contributed by atoms with Gasteiger partial charge in [-0.1, -0.05) is 41.1 Å². The number of thiazole rings is 1. The van der Waals surface area contributed by atoms with E-state index in [1.165, 1.54) is 0 Å². The number of benzene rings is 1. The molecule has 3 nitrogen and oxygen atoms in total. The second kappa shape index (κ2) is 4.63. The lowest BCUT2D eigenvalue weighted by molar-refractivity contribution is 0.112. The first-order valence-corrected chi connectivity index (χ1v) is 5.75. The van der Waals surface area contributed by atoms with Crippen molar-refractivity contribution >= 4 is 29.2 Å². The first kappa shape index (κ1) is 11.1. The molecule has 0 aliphatic heterocycles. The van der Waals surface area contributed by atoms with Crippen molar-refractivity contribution in [3.63, 3.8) is 0 Å². The molecule has 0 unspecified atom stereocenters. The second-order valence-corrected chi connectivity index (χ2v) is 4.47. The highest BCUT2D eigenvalue weighted by atomic mass is 35.5. The molecule has 0 saturated heterocycles. The molecule has 0 aliphatic carbocycles. The number of hydrogen-bond donors (Lipinski definition) is 0. The molecule has 2 rings (SSSR count). The van der Waals surface area contributed by atoms with Crippen LogP contribution in [0.1, 0.15) is 15.2 Å². The molecule has 16 heavy (non-hydrogen) atoms. The van der Waals surface area contributed by atoms with E-state index in [-0.39, 0.29) is 5.15 Å². The van der Waals surface area contributed by atoms with Crippen molar-refractivity contribution in [2.24, 2.45) is 0 Å². The summed E-state index contributed by atoms with van der Waals surface area (Å²) >= 11 is 6.87. The highest BCUT2D eigenvalue weighted by Gasteiger charge is 2.10. The third-order valence-electron chi connectivity index (χ3n) is 1.99. The topological polar surface area (TPSA) is 39.2 Å². The predicted octanol–water partition coefficient (Wildman–Crippen LogP) is 3.71. The van der Waals surface area contributed by atoms with Gasteiger partial charge in [0.2, 0.25) is 0 Å². The quantitative estimate of drug-likeness (QED) is 0.783. The maximum absolute atomic E-state index is 10.6. The van der Waals surface area contributed by atoms with Crippen molar-refractivity contribution in [1.29, 1.82) is 0 Å². The molecule has 1 aromatic carbocycles. The Morgan fingerprint density at radius 2 is 2.19 bits per heavy atom. The van der Waals surface area contributed by atoms with Gasteiger partial charge in [0.25, 0.3) is 5.19 Å². The zero-order chi connectivity index (χ0) is 11.5. The maximum Gasteiger partial charge on any atom is 0.280 e. The summed E-state index contributed by atoms with van der Waals surface area (Å²) in [5.74, 6) is 0.713. The van der Waals surface area contributed by atoms with E-state index < -0.39 is 0 Å². The van der Waals surface area contributed by atoms with Gasteiger partial charge < -0.3 is 4.74 Å². The monoisotopic (exact) mass is 253 g/mol. The second-order valence-electron chi connectivity index (χ2n) is 3.12. The van der Waals surface area contributed by atoms with Crippen LogP contribution in [0.15, 0.2) is 24.3 Å². The largest absolute Gasteiger partial charge is 0.431 e. The average Bonchev–Trinajstić information content (AvgIpc) is 2.62. The Labute approximate surface area is 102 Å². The van der Waals surface area contributed by atoms with Crippen LogP contribution in [0.4, 0.5) is 0 Å². The van der Waals surface area contributed by atoms with Gasteiger partial charge in [0.05, 0.1) is 0 Å². The number of aromatic nitrogens is 1. The van der Waals surface area contributed by atoms with Crippen molar-refractivity contribution in [3.8, 4) is 10.9 Å². The summed E-state index contributed by atoms with van der Waals surface area (Å²) < 4.78 is 5.54. The van der Waals surface area contributed by atoms with Crippen molar-refractivity contribution in [3.05, 3.63) is 39.9 Å². The van der Waals surface area contributed by atoms with E-state index in [0.717, 1.165) is 16.9 Å². The highest BCUT2D eigenvalue weighted by molar-refractivity contribution is 7.15. The number of nitrogens with zero attached hydrogens (tertiary/aromatic N) is 1. The van der Waals surface area contributed by atoms with E-state index in [0.29, 0.717) is 22.1 Å². The van der Waals surface area contributed by atoms with Crippen LogP contribution in [-0.2, 0) is 0 Å². The molecule has 0 N–H and O–H groups in total. The van der Waals surface area contributed by atoms with Crippen LogP contribution in [0, 0.1) is 6.92 Å². The van der Waals surface area contributed by atoms with E-state index in [1.807, 2.05) is 31.2 Å². The standard InChI is InChI=1S/C11H8ClNO2S/c1-7-4-2-3-5-8(7)15-11-13-10(12)9(6-14)16-11/h2-6H,1H3. The summed E-state index contributed by atoms with van der Waals surface area (Å²) in [6.07, 6.45) is 0.671. The minimum Gasteiger partial charge on any atom is -0.431 e. The molecule has 0 atom stereocenters. The number of carbonyl (C=O) groups is 1. The van der Waals surface area contributed by atoms with Gasteiger partial charge in [0.15, 0.2) is 11.4 Å². The van der Waals surface area contributed by atoms with E-state index in [4.69, 9.17) is 16.3 Å². The molecule has 0 bridgehead atoms. The molecular formula is C11H8ClNO2S. The number of para-hydroxylation sites is 1. The number of rotatable bonds is 3. The summed E-state index contributed by atoms with van der Waals surface area (Å²) in [5.41, 5.74) is 1.00. The Kier molecular flexibility index (Phi) is 3.22. The van der Waals surface area contributed by atoms with Gasteiger partial charge in [-0.3, -0.25) is 4.79 Å². The molecule has 1 aromatic heterocycles. The number of aryl methyl sites for hydroxylation is 1. The molecule has 0 spiro atoms. The van der Waals surface area contributed by atoms with Gasteiger partial charge in [-0.25, -0.2) is 0 Å². The minimum absolute atomic E-state index is 0.184. The Balaban J connectivity index is 2.27. The Morgan fingerprint density at radius 3 is 2.81 bits per heavy atom. The Hall–Kier alpha value is -1.39. The SMILES string of the molecule is Cc1ccccc1Oc1nc(Cl)c(C=O)s1. The minimum atomic E-state index is 0.184. The number of ether oxygens (including phenoxy) is 1. The van der Waals surface area contributed by atoms with Crippen molar-refractivity contribution in [2.45, 2.75) is 6.92 Å². The number of carbonyl (C=O) groups excluding carboxylic acids is 1. The van der Waals surface area contributed by atoms with Gasteiger partial charge in [-0.2, -0.15) is 4.98 Å². The summed E-state index contributed by atoms with van der Waals surface area (Å²) in [6.45, 7) is 1.94. The van der Waals surface area contributed by atoms with Crippen LogP contribution in [0.25, 0.3) is 0 Å². The zero-order valence-electron chi connectivity index (χ0n) is 8.44. The van der Waals surface area contributed by atoms with Gasteiger partial charge in [-0.05, 0) is 18.6 Å². The zero-order valence-corrected chi connectivity index (χ0v) is 10.0. The van der Waals surface area contributed by atoms with E-state index in [1.54, 1.807) is 0 Å². The van der Waals surface area contributed by atoms with Gasteiger partial charge in [0, 0.05) is 0 Å². The molecule has 1 heterocycles. The fourth-order valence-corrected chi connectivity index (χ4v) is 2.10. The van der Waals surface area contributed by atoms with Crippen molar-refractivity contribution < 1.29 is 9.53 Å². The molecule has 0 saturated carbocycles. The molecule has 0 amide bonds. The van der Waals surface area contributed by atoms with Crippen LogP contribution in [-0.4, -0.2) is 11.3 Å². The van der Waals surface area contributed by atoms with Crippen molar-refractivity contribution in [1.82, 2.24) is 4.98 Å². The fraction of sp³-hybridized carbons (Fsp3) is 0.0909. The maximum atomic E-state index is 10.6. The normalized spacial score (nSPS) is 10.1. The van der Waals surface area contributed by atoms with Crippen LogP contribution >= 0.6 is 22.9 Å². The summed E-state index contributed by atoms with van der Waals surface area (Å²) in [4.78, 5) is 14.9. The average molecular weight is 254 g/mol. The molecule has 0 fully saturated rings. The molecule has 82 valence electrons. The highest BCUT2D eigenvalue weighted by Crippen LogP contribution is 2.31. The van der Waals surface area contributed by atoms with E-state index in [9.17, 15) is 4.79 Å². The predicted molar refractivity (Wildman–Crippen MR) is 63.8 cm³/mol. The summed E-state index contributed by atoms with van der Waals surface area (Å²) in [7, 11) is 0. The van der Waals surface area contributed by atoms with E-state index >= 15 is 0 Å². The smallest absolute Gasteiger partial charge is 0.280 e. The summed E-state index contributed by atoms with van der Waals surface area (Å²) in [5, 5.41) is 0.560. The Morgan fingerprint density at radius 1 is 1.44 bits per heavy atom. The van der Waals surface area contributed by atoms with E-state index in [2.05, 4.69) is 4.98 Å². The first-order valence-electron chi connectivity index (χ1n) is 4.55. The molecular weight excluding hydrogens is 246 g/mol. The van der Waals surface area contributed by atoms with Gasteiger partial charge in [0.1, 0.15) is 10.6 Å². The van der Waals surface area contributed by atoms with Gasteiger partial charge >= 0.3 is 0 Å². The van der Waals surface area contributed by atoms with Crippen LogP contribution in [0.5, 0.6) is 10.9 Å². The van der Waals surface area contributed by atoms with Crippen LogP contribution < -0.4 is 4.74 Å². The number of hydrogen-bond acceptors (Lipinski definition) is 4. The lowest BCUT2D eigenvalue weighted by Crippen LogP contribution is -1.85.